The number of hydrogen-bond donors (Lipinski definition) is 2. The second-order valence-corrected chi connectivity index (χ2v) is 9.37. The van der Waals surface area contributed by atoms with Crippen LogP contribution in [0.5, 0.6) is 0 Å². The minimum absolute atomic E-state index is 0.0553. The summed E-state index contributed by atoms with van der Waals surface area (Å²) in [7, 11) is 3.91. The zero-order chi connectivity index (χ0) is 24.2. The third-order valence-electron chi connectivity index (χ3n) is 5.92. The fraction of sp³-hybridized carbons (Fsp3) is 0.519. The lowest BCUT2D eigenvalue weighted by atomic mass is 10.0. The highest BCUT2D eigenvalue weighted by Gasteiger charge is 2.29. The van der Waals surface area contributed by atoms with Crippen LogP contribution in [0.4, 0.5) is 9.18 Å². The number of benzene rings is 2. The average molecular weight is 459 g/mol. The molecule has 0 spiro atoms. The molecule has 1 heterocycles. The molecule has 3 rings (SSSR count). The molecule has 1 saturated heterocycles. The van der Waals surface area contributed by atoms with Crippen molar-refractivity contribution in [1.29, 1.82) is 0 Å². The van der Waals surface area contributed by atoms with Gasteiger partial charge in [-0.1, -0.05) is 56.3 Å². The highest BCUT2D eigenvalue weighted by Crippen LogP contribution is 2.18. The molecular weight excluding hydrogens is 417 g/mol. The van der Waals surface area contributed by atoms with Gasteiger partial charge in [0.1, 0.15) is 5.82 Å². The number of carbonyl (C=O) groups is 1. The van der Waals surface area contributed by atoms with E-state index >= 15 is 0 Å². The first-order chi connectivity index (χ1) is 15.8. The SMILES string of the molecule is CC(NC(=O)N(Cc1ccc(F)cc1)C1CC[NH+](C)CC1)c1ccccc1.COCC(C)C. The lowest BCUT2D eigenvalue weighted by Gasteiger charge is -2.36. The van der Waals surface area contributed by atoms with Crippen LogP contribution >= 0.6 is 0 Å². The van der Waals surface area contributed by atoms with Crippen LogP contribution in [0.1, 0.15) is 50.8 Å². The van der Waals surface area contributed by atoms with Crippen LogP contribution in [-0.2, 0) is 11.3 Å². The minimum atomic E-state index is -0.254. The summed E-state index contributed by atoms with van der Waals surface area (Å²) in [5.74, 6) is 0.422. The van der Waals surface area contributed by atoms with E-state index in [0.29, 0.717) is 12.5 Å². The Kier molecular flexibility index (Phi) is 11.3. The molecular formula is C27H41FN3O2+. The Labute approximate surface area is 198 Å². The smallest absolute Gasteiger partial charge is 0.318 e. The molecule has 1 aliphatic heterocycles. The molecule has 1 aliphatic rings. The summed E-state index contributed by atoms with van der Waals surface area (Å²) in [6, 6.07) is 16.5. The minimum Gasteiger partial charge on any atom is -0.384 e. The maximum atomic E-state index is 13.2. The fourth-order valence-corrected chi connectivity index (χ4v) is 3.99. The number of nitrogens with one attached hydrogen (secondary N) is 2. The number of quaternary nitrogens is 1. The first-order valence-corrected chi connectivity index (χ1v) is 12.0. The number of likely N-dealkylation sites (tertiary alicyclic amines) is 1. The van der Waals surface area contributed by atoms with Gasteiger partial charge in [-0.3, -0.25) is 0 Å². The molecule has 1 unspecified atom stereocenters. The van der Waals surface area contributed by atoms with E-state index in [1.54, 1.807) is 19.2 Å². The van der Waals surface area contributed by atoms with Crippen LogP contribution in [0.15, 0.2) is 54.6 Å². The molecule has 2 aromatic rings. The normalized spacial score (nSPS) is 18.8. The van der Waals surface area contributed by atoms with Gasteiger partial charge < -0.3 is 19.9 Å². The van der Waals surface area contributed by atoms with Gasteiger partial charge in [-0.2, -0.15) is 0 Å². The molecule has 1 fully saturated rings. The Hall–Kier alpha value is -2.44. The number of amides is 2. The molecule has 0 radical (unpaired) electrons. The number of methoxy groups -OCH3 is 1. The van der Waals surface area contributed by atoms with E-state index in [2.05, 4.69) is 26.2 Å². The van der Waals surface area contributed by atoms with E-state index in [-0.39, 0.29) is 23.9 Å². The number of rotatable bonds is 7. The zero-order valence-corrected chi connectivity index (χ0v) is 20.8. The van der Waals surface area contributed by atoms with Gasteiger partial charge in [0.25, 0.3) is 0 Å². The van der Waals surface area contributed by atoms with E-state index in [4.69, 9.17) is 4.74 Å². The number of hydrogen-bond acceptors (Lipinski definition) is 2. The van der Waals surface area contributed by atoms with Crippen molar-refractivity contribution < 1.29 is 18.8 Å². The average Bonchev–Trinajstić information content (AvgIpc) is 2.80. The van der Waals surface area contributed by atoms with Crippen LogP contribution in [-0.4, -0.2) is 50.8 Å². The largest absolute Gasteiger partial charge is 0.384 e. The third-order valence-corrected chi connectivity index (χ3v) is 5.92. The van der Waals surface area contributed by atoms with Crippen molar-refractivity contribution in [3.63, 3.8) is 0 Å². The molecule has 0 aliphatic carbocycles. The van der Waals surface area contributed by atoms with Crippen LogP contribution in [0, 0.1) is 11.7 Å². The van der Waals surface area contributed by atoms with Crippen molar-refractivity contribution >= 4 is 6.03 Å². The number of ether oxygens (including phenoxy) is 1. The Morgan fingerprint density at radius 2 is 1.70 bits per heavy atom. The van der Waals surface area contributed by atoms with Crippen molar-refractivity contribution in [2.24, 2.45) is 5.92 Å². The van der Waals surface area contributed by atoms with Gasteiger partial charge in [0, 0.05) is 39.1 Å². The van der Waals surface area contributed by atoms with Gasteiger partial charge in [0.2, 0.25) is 0 Å². The van der Waals surface area contributed by atoms with E-state index in [0.717, 1.165) is 43.7 Å². The molecule has 2 amide bonds. The van der Waals surface area contributed by atoms with Gasteiger partial charge in [0.15, 0.2) is 0 Å². The number of nitrogens with zero attached hydrogens (tertiary/aromatic N) is 1. The van der Waals surface area contributed by atoms with Gasteiger partial charge in [-0.05, 0) is 36.1 Å². The lowest BCUT2D eigenvalue weighted by molar-refractivity contribution is -0.885. The molecule has 6 heteroatoms. The summed E-state index contributed by atoms with van der Waals surface area (Å²) in [4.78, 5) is 16.5. The number of urea groups is 1. The predicted octanol–water partition coefficient (Wildman–Crippen LogP) is 4.06. The van der Waals surface area contributed by atoms with Crippen molar-refractivity contribution in [2.75, 3.05) is 33.9 Å². The first kappa shape index (κ1) is 26.8. The van der Waals surface area contributed by atoms with E-state index < -0.39 is 0 Å². The quantitative estimate of drug-likeness (QED) is 0.657. The molecule has 0 aromatic heterocycles. The highest BCUT2D eigenvalue weighted by molar-refractivity contribution is 5.75. The maximum Gasteiger partial charge on any atom is 0.318 e. The number of halogens is 1. The van der Waals surface area contributed by atoms with Crippen molar-refractivity contribution in [3.8, 4) is 0 Å². The van der Waals surface area contributed by atoms with Gasteiger partial charge >= 0.3 is 6.03 Å². The maximum absolute atomic E-state index is 13.2. The predicted molar refractivity (Wildman–Crippen MR) is 132 cm³/mol. The van der Waals surface area contributed by atoms with Crippen molar-refractivity contribution in [2.45, 2.75) is 52.2 Å². The van der Waals surface area contributed by atoms with Crippen LogP contribution < -0.4 is 10.2 Å². The van der Waals surface area contributed by atoms with Crippen molar-refractivity contribution in [1.82, 2.24) is 10.2 Å². The topological polar surface area (TPSA) is 46.0 Å². The lowest BCUT2D eigenvalue weighted by Crippen LogP contribution is -3.10. The summed E-state index contributed by atoms with van der Waals surface area (Å²) >= 11 is 0. The molecule has 5 nitrogen and oxygen atoms in total. The molecule has 0 saturated carbocycles. The summed E-state index contributed by atoms with van der Waals surface area (Å²) in [5, 5.41) is 3.14. The van der Waals surface area contributed by atoms with Gasteiger partial charge in [0.05, 0.1) is 26.2 Å². The Morgan fingerprint density at radius 1 is 1.09 bits per heavy atom. The van der Waals surface area contributed by atoms with E-state index in [1.165, 1.54) is 17.0 Å². The molecule has 182 valence electrons. The van der Waals surface area contributed by atoms with Gasteiger partial charge in [-0.25, -0.2) is 9.18 Å². The van der Waals surface area contributed by atoms with E-state index in [1.807, 2.05) is 42.2 Å². The van der Waals surface area contributed by atoms with Crippen LogP contribution in [0.2, 0.25) is 0 Å². The Balaban J connectivity index is 0.000000569. The third kappa shape index (κ3) is 9.52. The monoisotopic (exact) mass is 458 g/mol. The van der Waals surface area contributed by atoms with Crippen molar-refractivity contribution in [3.05, 3.63) is 71.5 Å². The number of piperidine rings is 1. The molecule has 0 bridgehead atoms. The fourth-order valence-electron chi connectivity index (χ4n) is 3.99. The summed E-state index contributed by atoms with van der Waals surface area (Å²) in [5.41, 5.74) is 2.03. The standard InChI is InChI=1S/C22H28FN3O.C5H12O/c1-17(19-6-4-3-5-7-19)24-22(27)26(21-12-14-25(2)15-13-21)16-18-8-10-20(23)11-9-18;1-5(2)4-6-3/h3-11,17,21H,12-16H2,1-2H3,(H,24,27);5H,4H2,1-3H3/p+1. The Bertz CT molecular complexity index is 806. The van der Waals surface area contributed by atoms with E-state index in [9.17, 15) is 9.18 Å². The van der Waals surface area contributed by atoms with Crippen LogP contribution in [0.3, 0.4) is 0 Å². The molecule has 2 aromatic carbocycles. The Morgan fingerprint density at radius 3 is 2.21 bits per heavy atom. The van der Waals surface area contributed by atoms with Gasteiger partial charge in [-0.15, -0.1) is 0 Å². The van der Waals surface area contributed by atoms with Crippen LogP contribution in [0.25, 0.3) is 0 Å². The zero-order valence-electron chi connectivity index (χ0n) is 20.8. The molecule has 33 heavy (non-hydrogen) atoms. The molecule has 1 atom stereocenters. The number of carbonyl (C=O) groups excluding carboxylic acids is 1. The summed E-state index contributed by atoms with van der Waals surface area (Å²) in [6.45, 7) is 9.75. The highest BCUT2D eigenvalue weighted by atomic mass is 19.1. The second-order valence-electron chi connectivity index (χ2n) is 9.37. The first-order valence-electron chi connectivity index (χ1n) is 12.0. The summed E-state index contributed by atoms with van der Waals surface area (Å²) in [6.07, 6.45) is 1.97. The summed E-state index contributed by atoms with van der Waals surface area (Å²) < 4.78 is 18.0. The molecule has 2 N–H and O–H groups in total. The second kappa shape index (κ2) is 14.0.